The zero-order valence-corrected chi connectivity index (χ0v) is 13.3. The van der Waals surface area contributed by atoms with Crippen LogP contribution in [0.25, 0.3) is 0 Å². The van der Waals surface area contributed by atoms with E-state index in [1.807, 2.05) is 6.92 Å². The Labute approximate surface area is 125 Å². The molecular weight excluding hydrogens is 296 g/mol. The van der Waals surface area contributed by atoms with Crippen molar-refractivity contribution in [3.63, 3.8) is 0 Å². The Hall–Kier alpha value is -1.15. The molecule has 2 atom stereocenters. The summed E-state index contributed by atoms with van der Waals surface area (Å²) in [5.74, 6) is -1.76. The van der Waals surface area contributed by atoms with Crippen LogP contribution in [0, 0.1) is 5.41 Å². The van der Waals surface area contributed by atoms with Crippen LogP contribution in [0.1, 0.15) is 32.6 Å². The van der Waals surface area contributed by atoms with Crippen LogP contribution in [-0.2, 0) is 19.4 Å². The molecule has 122 valence electrons. The molecule has 1 fully saturated rings. The Balaban J connectivity index is 2.73. The molecule has 0 aliphatic carbocycles. The highest BCUT2D eigenvalue weighted by Gasteiger charge is 2.41. The molecule has 1 heterocycles. The van der Waals surface area contributed by atoms with Crippen LogP contribution in [0.15, 0.2) is 0 Å². The van der Waals surface area contributed by atoms with Gasteiger partial charge in [0.2, 0.25) is 5.91 Å². The first-order valence-corrected chi connectivity index (χ1v) is 9.18. The first-order valence-electron chi connectivity index (χ1n) is 7.12. The molecule has 3 N–H and O–H groups in total. The Kier molecular flexibility index (Phi) is 6.15. The van der Waals surface area contributed by atoms with Crippen LogP contribution < -0.4 is 10.6 Å². The van der Waals surface area contributed by atoms with Gasteiger partial charge in [-0.2, -0.15) is 0 Å². The van der Waals surface area contributed by atoms with E-state index < -0.39 is 27.3 Å². The third-order valence-corrected chi connectivity index (χ3v) is 4.81. The van der Waals surface area contributed by atoms with E-state index in [4.69, 9.17) is 5.11 Å². The molecule has 0 spiro atoms. The number of hydrogen-bond donors (Lipinski definition) is 3. The van der Waals surface area contributed by atoms with E-state index in [1.54, 1.807) is 0 Å². The van der Waals surface area contributed by atoms with Gasteiger partial charge < -0.3 is 15.7 Å². The highest BCUT2D eigenvalue weighted by molar-refractivity contribution is 7.90. The Morgan fingerprint density at radius 1 is 1.43 bits per heavy atom. The number of carbonyl (C=O) groups is 2. The van der Waals surface area contributed by atoms with Gasteiger partial charge >= 0.3 is 5.97 Å². The molecular formula is C13H24N2O5S. The van der Waals surface area contributed by atoms with Crippen LogP contribution in [0.3, 0.4) is 0 Å². The standard InChI is InChI=1S/C13H24N2O5S/c1-3-5-13(6-7-14-9-13)12(18)15-10(11(16)17)4-8-21(2,19)20/h10,14H,3-9H2,1-2H3,(H,15,18)(H,16,17). The number of carboxylic acids is 1. The lowest BCUT2D eigenvalue weighted by atomic mass is 9.81. The minimum absolute atomic E-state index is 0.116. The number of aliphatic carboxylic acids is 1. The van der Waals surface area contributed by atoms with Crippen LogP contribution in [-0.4, -0.2) is 56.5 Å². The minimum atomic E-state index is -3.26. The maximum atomic E-state index is 12.4. The van der Waals surface area contributed by atoms with Crippen molar-refractivity contribution in [2.45, 2.75) is 38.6 Å². The average molecular weight is 320 g/mol. The van der Waals surface area contributed by atoms with Crippen molar-refractivity contribution in [3.8, 4) is 0 Å². The van der Waals surface area contributed by atoms with E-state index in [1.165, 1.54) is 0 Å². The van der Waals surface area contributed by atoms with E-state index >= 15 is 0 Å². The Morgan fingerprint density at radius 2 is 2.10 bits per heavy atom. The third kappa shape index (κ3) is 5.28. The normalized spacial score (nSPS) is 23.7. The molecule has 1 aliphatic rings. The lowest BCUT2D eigenvalue weighted by molar-refractivity contribution is -0.143. The van der Waals surface area contributed by atoms with Crippen LogP contribution in [0.5, 0.6) is 0 Å². The summed E-state index contributed by atoms with van der Waals surface area (Å²) in [5.41, 5.74) is -0.576. The van der Waals surface area contributed by atoms with Crippen LogP contribution >= 0.6 is 0 Å². The second kappa shape index (κ2) is 7.22. The zero-order valence-electron chi connectivity index (χ0n) is 12.5. The molecule has 0 bridgehead atoms. The highest BCUT2D eigenvalue weighted by Crippen LogP contribution is 2.31. The lowest BCUT2D eigenvalue weighted by Gasteiger charge is -2.28. The second-order valence-electron chi connectivity index (χ2n) is 5.74. The lowest BCUT2D eigenvalue weighted by Crippen LogP contribution is -2.50. The fourth-order valence-corrected chi connectivity index (χ4v) is 3.31. The highest BCUT2D eigenvalue weighted by atomic mass is 32.2. The van der Waals surface area contributed by atoms with Gasteiger partial charge in [0.15, 0.2) is 0 Å². The molecule has 21 heavy (non-hydrogen) atoms. The predicted octanol–water partition coefficient (Wildman–Crippen LogP) is -0.230. The summed E-state index contributed by atoms with van der Waals surface area (Å²) < 4.78 is 22.3. The first kappa shape index (κ1) is 17.9. The molecule has 0 aromatic carbocycles. The molecule has 1 aliphatic heterocycles. The third-order valence-electron chi connectivity index (χ3n) is 3.83. The van der Waals surface area contributed by atoms with Crippen molar-refractivity contribution in [2.24, 2.45) is 5.41 Å². The summed E-state index contributed by atoms with van der Waals surface area (Å²) in [7, 11) is -3.26. The van der Waals surface area contributed by atoms with Crippen molar-refractivity contribution in [1.29, 1.82) is 0 Å². The summed E-state index contributed by atoms with van der Waals surface area (Å²) in [4.78, 5) is 23.6. The molecule has 8 heteroatoms. The van der Waals surface area contributed by atoms with Gasteiger partial charge in [0, 0.05) is 12.8 Å². The summed E-state index contributed by atoms with van der Waals surface area (Å²) in [5, 5.41) is 14.8. The fraction of sp³-hybridized carbons (Fsp3) is 0.846. The Morgan fingerprint density at radius 3 is 2.52 bits per heavy atom. The average Bonchev–Trinajstić information content (AvgIpc) is 2.83. The summed E-state index contributed by atoms with van der Waals surface area (Å²) in [6, 6.07) is -1.17. The number of carbonyl (C=O) groups excluding carboxylic acids is 1. The van der Waals surface area contributed by atoms with Gasteiger partial charge in [0.1, 0.15) is 15.9 Å². The monoisotopic (exact) mass is 320 g/mol. The van der Waals surface area contributed by atoms with Gasteiger partial charge in [-0.3, -0.25) is 4.79 Å². The summed E-state index contributed by atoms with van der Waals surface area (Å²) in [6.45, 7) is 3.24. The molecule has 0 radical (unpaired) electrons. The maximum Gasteiger partial charge on any atom is 0.326 e. The van der Waals surface area contributed by atoms with E-state index in [-0.39, 0.29) is 18.1 Å². The van der Waals surface area contributed by atoms with E-state index in [2.05, 4.69) is 10.6 Å². The van der Waals surface area contributed by atoms with Crippen molar-refractivity contribution in [1.82, 2.24) is 10.6 Å². The van der Waals surface area contributed by atoms with E-state index in [9.17, 15) is 18.0 Å². The molecule has 1 saturated heterocycles. The summed E-state index contributed by atoms with van der Waals surface area (Å²) in [6.07, 6.45) is 3.12. The summed E-state index contributed by atoms with van der Waals surface area (Å²) >= 11 is 0. The van der Waals surface area contributed by atoms with Crippen molar-refractivity contribution in [3.05, 3.63) is 0 Å². The van der Waals surface area contributed by atoms with Gasteiger partial charge in [-0.05, 0) is 25.8 Å². The molecule has 7 nitrogen and oxygen atoms in total. The molecule has 1 amide bonds. The number of hydrogen-bond acceptors (Lipinski definition) is 5. The van der Waals surface area contributed by atoms with Gasteiger partial charge in [-0.25, -0.2) is 13.2 Å². The zero-order chi connectivity index (χ0) is 16.1. The number of sulfone groups is 1. The number of amides is 1. The van der Waals surface area contributed by atoms with Gasteiger partial charge in [-0.15, -0.1) is 0 Å². The fourth-order valence-electron chi connectivity index (χ4n) is 2.64. The SMILES string of the molecule is CCCC1(C(=O)NC(CCS(C)(=O)=O)C(=O)O)CCNC1. The number of nitrogens with one attached hydrogen (secondary N) is 2. The van der Waals surface area contributed by atoms with E-state index in [0.29, 0.717) is 19.4 Å². The number of rotatable bonds is 8. The molecule has 1 rings (SSSR count). The van der Waals surface area contributed by atoms with Crippen molar-refractivity contribution in [2.75, 3.05) is 25.1 Å². The largest absolute Gasteiger partial charge is 0.480 e. The van der Waals surface area contributed by atoms with Crippen LogP contribution in [0.4, 0.5) is 0 Å². The van der Waals surface area contributed by atoms with Gasteiger partial charge in [0.05, 0.1) is 11.2 Å². The second-order valence-corrected chi connectivity index (χ2v) is 8.00. The topological polar surface area (TPSA) is 113 Å². The van der Waals surface area contributed by atoms with Crippen molar-refractivity contribution >= 4 is 21.7 Å². The van der Waals surface area contributed by atoms with Gasteiger partial charge in [0.25, 0.3) is 0 Å². The first-order chi connectivity index (χ1) is 9.70. The molecule has 2 unspecified atom stereocenters. The van der Waals surface area contributed by atoms with Gasteiger partial charge in [-0.1, -0.05) is 13.3 Å². The van der Waals surface area contributed by atoms with E-state index in [0.717, 1.165) is 19.2 Å². The molecule has 0 aromatic heterocycles. The smallest absolute Gasteiger partial charge is 0.326 e. The quantitative estimate of drug-likeness (QED) is 0.569. The Bertz CT molecular complexity index is 483. The van der Waals surface area contributed by atoms with Crippen LogP contribution in [0.2, 0.25) is 0 Å². The van der Waals surface area contributed by atoms with Crippen molar-refractivity contribution < 1.29 is 23.1 Å². The number of carboxylic acid groups (broad SMARTS) is 1. The maximum absolute atomic E-state index is 12.4. The molecule has 0 saturated carbocycles. The molecule has 0 aromatic rings. The predicted molar refractivity (Wildman–Crippen MR) is 78.7 cm³/mol. The minimum Gasteiger partial charge on any atom is -0.480 e.